The van der Waals surface area contributed by atoms with Gasteiger partial charge in [0.25, 0.3) is 0 Å². The Morgan fingerprint density at radius 2 is 2.28 bits per heavy atom. The summed E-state index contributed by atoms with van der Waals surface area (Å²) < 4.78 is 4.93. The van der Waals surface area contributed by atoms with Crippen LogP contribution in [0.25, 0.3) is 0 Å². The van der Waals surface area contributed by atoms with Crippen LogP contribution < -0.4 is 5.32 Å². The Bertz CT molecular complexity index is 251. The van der Waals surface area contributed by atoms with Crippen molar-refractivity contribution in [2.45, 2.75) is 37.5 Å². The molecule has 18 heavy (non-hydrogen) atoms. The van der Waals surface area contributed by atoms with Crippen LogP contribution in [-0.4, -0.2) is 61.7 Å². The van der Waals surface area contributed by atoms with E-state index in [1.54, 1.807) is 7.11 Å². The third-order valence-corrected chi connectivity index (χ3v) is 4.69. The number of thioether (sulfide) groups is 1. The summed E-state index contributed by atoms with van der Waals surface area (Å²) in [5.74, 6) is 1.37. The second-order valence-electron chi connectivity index (χ2n) is 4.72. The van der Waals surface area contributed by atoms with Crippen LogP contribution in [0, 0.1) is 0 Å². The molecule has 2 unspecified atom stereocenters. The molecule has 0 aromatic carbocycles. The highest BCUT2D eigenvalue weighted by Crippen LogP contribution is 2.32. The fourth-order valence-electron chi connectivity index (χ4n) is 2.35. The molecule has 5 heteroatoms. The van der Waals surface area contributed by atoms with Crippen LogP contribution in [-0.2, 0) is 9.53 Å². The normalized spacial score (nSPS) is 23.3. The second-order valence-corrected chi connectivity index (χ2v) is 6.30. The van der Waals surface area contributed by atoms with Crippen LogP contribution in [0.15, 0.2) is 0 Å². The standard InChI is InChI=1S/C13H26N2O2S/c1-4-18-12-6-5-11(9-12)15(2)13(16)10-14-7-8-17-3/h11-12,14H,4-10H2,1-3H3. The average Bonchev–Trinajstić information content (AvgIpc) is 2.82. The monoisotopic (exact) mass is 274 g/mol. The smallest absolute Gasteiger partial charge is 0.236 e. The van der Waals surface area contributed by atoms with Crippen LogP contribution in [0.4, 0.5) is 0 Å². The summed E-state index contributed by atoms with van der Waals surface area (Å²) in [6, 6.07) is 0.436. The summed E-state index contributed by atoms with van der Waals surface area (Å²) in [6.45, 7) is 4.00. The molecule has 1 fully saturated rings. The van der Waals surface area contributed by atoms with Gasteiger partial charge >= 0.3 is 0 Å². The zero-order valence-electron chi connectivity index (χ0n) is 11.8. The molecule has 1 N–H and O–H groups in total. The molecule has 1 saturated carbocycles. The number of hydrogen-bond acceptors (Lipinski definition) is 4. The minimum absolute atomic E-state index is 0.193. The van der Waals surface area contributed by atoms with E-state index in [4.69, 9.17) is 4.74 Å². The number of methoxy groups -OCH3 is 1. The van der Waals surface area contributed by atoms with Crippen LogP contribution in [0.5, 0.6) is 0 Å². The maximum atomic E-state index is 12.0. The fourth-order valence-corrected chi connectivity index (χ4v) is 3.49. The molecule has 0 aromatic heterocycles. The van der Waals surface area contributed by atoms with E-state index in [0.29, 0.717) is 19.2 Å². The SMILES string of the molecule is CCSC1CCC(N(C)C(=O)CNCCOC)C1. The first kappa shape index (κ1) is 15.8. The third-order valence-electron chi connectivity index (χ3n) is 3.46. The molecular formula is C13H26N2O2S. The first-order valence-corrected chi connectivity index (χ1v) is 7.80. The lowest BCUT2D eigenvalue weighted by Gasteiger charge is -2.25. The molecule has 0 heterocycles. The second kappa shape index (κ2) is 8.77. The minimum Gasteiger partial charge on any atom is -0.383 e. The number of ether oxygens (including phenoxy) is 1. The number of nitrogens with one attached hydrogen (secondary N) is 1. The first-order valence-electron chi connectivity index (χ1n) is 6.76. The molecule has 0 bridgehead atoms. The van der Waals surface area contributed by atoms with Gasteiger partial charge in [-0.3, -0.25) is 4.79 Å². The Hall–Kier alpha value is -0.260. The molecule has 1 aliphatic rings. The highest BCUT2D eigenvalue weighted by Gasteiger charge is 2.29. The van der Waals surface area contributed by atoms with Gasteiger partial charge in [-0.1, -0.05) is 6.92 Å². The molecule has 0 aromatic rings. The summed E-state index contributed by atoms with van der Waals surface area (Å²) in [4.78, 5) is 13.9. The fraction of sp³-hybridized carbons (Fsp3) is 0.923. The number of hydrogen-bond donors (Lipinski definition) is 1. The Morgan fingerprint density at radius 1 is 1.50 bits per heavy atom. The van der Waals surface area contributed by atoms with Crippen LogP contribution in [0.3, 0.4) is 0 Å². The van der Waals surface area contributed by atoms with Gasteiger partial charge in [-0.15, -0.1) is 0 Å². The zero-order valence-corrected chi connectivity index (χ0v) is 12.6. The number of rotatable bonds is 8. The molecule has 0 aliphatic heterocycles. The predicted octanol–water partition coefficient (Wildman–Crippen LogP) is 1.35. The van der Waals surface area contributed by atoms with Crippen LogP contribution >= 0.6 is 11.8 Å². The van der Waals surface area contributed by atoms with Crippen molar-refractivity contribution < 1.29 is 9.53 Å². The lowest BCUT2D eigenvalue weighted by Crippen LogP contribution is -2.41. The van der Waals surface area contributed by atoms with E-state index in [1.807, 2.05) is 23.7 Å². The third kappa shape index (κ3) is 5.16. The topological polar surface area (TPSA) is 41.6 Å². The zero-order chi connectivity index (χ0) is 13.4. The quantitative estimate of drug-likeness (QED) is 0.679. The molecule has 0 spiro atoms. The molecule has 106 valence electrons. The lowest BCUT2D eigenvalue weighted by atomic mass is 10.2. The van der Waals surface area contributed by atoms with Crippen molar-refractivity contribution in [1.29, 1.82) is 0 Å². The van der Waals surface area contributed by atoms with Crippen LogP contribution in [0.1, 0.15) is 26.2 Å². The molecule has 2 atom stereocenters. The maximum Gasteiger partial charge on any atom is 0.236 e. The van der Waals surface area contributed by atoms with Gasteiger partial charge in [0, 0.05) is 32.0 Å². The van der Waals surface area contributed by atoms with Crippen molar-refractivity contribution in [2.24, 2.45) is 0 Å². The lowest BCUT2D eigenvalue weighted by molar-refractivity contribution is -0.130. The number of carbonyl (C=O) groups excluding carboxylic acids is 1. The van der Waals surface area contributed by atoms with Gasteiger partial charge in [-0.05, 0) is 25.0 Å². The van der Waals surface area contributed by atoms with Crippen molar-refractivity contribution >= 4 is 17.7 Å². The number of likely N-dealkylation sites (N-methyl/N-ethyl adjacent to an activating group) is 1. The van der Waals surface area contributed by atoms with E-state index in [9.17, 15) is 4.79 Å². The van der Waals surface area contributed by atoms with Gasteiger partial charge in [0.05, 0.1) is 13.2 Å². The first-order chi connectivity index (χ1) is 8.69. The Kier molecular flexibility index (Phi) is 7.70. The predicted molar refractivity (Wildman–Crippen MR) is 77.1 cm³/mol. The highest BCUT2D eigenvalue weighted by molar-refractivity contribution is 7.99. The van der Waals surface area contributed by atoms with Crippen LogP contribution in [0.2, 0.25) is 0 Å². The van der Waals surface area contributed by atoms with Gasteiger partial charge in [-0.25, -0.2) is 0 Å². The summed E-state index contributed by atoms with van der Waals surface area (Å²) in [5, 5.41) is 3.85. The van der Waals surface area contributed by atoms with E-state index in [-0.39, 0.29) is 5.91 Å². The summed E-state index contributed by atoms with van der Waals surface area (Å²) in [6.07, 6.45) is 3.55. The summed E-state index contributed by atoms with van der Waals surface area (Å²) in [5.41, 5.74) is 0. The minimum atomic E-state index is 0.193. The molecule has 1 aliphatic carbocycles. The van der Waals surface area contributed by atoms with E-state index < -0.39 is 0 Å². The van der Waals surface area contributed by atoms with Gasteiger partial charge in [-0.2, -0.15) is 11.8 Å². The molecular weight excluding hydrogens is 248 g/mol. The van der Waals surface area contributed by atoms with Crippen molar-refractivity contribution in [3.05, 3.63) is 0 Å². The number of carbonyl (C=O) groups is 1. The summed E-state index contributed by atoms with van der Waals surface area (Å²) in [7, 11) is 3.60. The molecule has 4 nitrogen and oxygen atoms in total. The Balaban J connectivity index is 2.22. The Labute approximate surface area is 115 Å². The Morgan fingerprint density at radius 3 is 2.94 bits per heavy atom. The van der Waals surface area contributed by atoms with E-state index >= 15 is 0 Å². The van der Waals surface area contributed by atoms with E-state index in [0.717, 1.165) is 24.6 Å². The van der Waals surface area contributed by atoms with Gasteiger partial charge < -0.3 is 15.0 Å². The maximum absolute atomic E-state index is 12.0. The van der Waals surface area contributed by atoms with Gasteiger partial charge in [0.2, 0.25) is 5.91 Å². The molecule has 1 rings (SSSR count). The van der Waals surface area contributed by atoms with E-state index in [1.165, 1.54) is 12.2 Å². The largest absolute Gasteiger partial charge is 0.383 e. The van der Waals surface area contributed by atoms with Gasteiger partial charge in [0.15, 0.2) is 0 Å². The molecule has 1 amide bonds. The summed E-state index contributed by atoms with van der Waals surface area (Å²) >= 11 is 2.03. The number of amides is 1. The molecule has 0 radical (unpaired) electrons. The molecule has 0 saturated heterocycles. The van der Waals surface area contributed by atoms with E-state index in [2.05, 4.69) is 12.2 Å². The average molecular weight is 274 g/mol. The van der Waals surface area contributed by atoms with Crippen molar-refractivity contribution in [1.82, 2.24) is 10.2 Å². The van der Waals surface area contributed by atoms with Gasteiger partial charge in [0.1, 0.15) is 0 Å². The van der Waals surface area contributed by atoms with Crippen molar-refractivity contribution in [3.63, 3.8) is 0 Å². The highest BCUT2D eigenvalue weighted by atomic mass is 32.2. The van der Waals surface area contributed by atoms with Crippen molar-refractivity contribution in [2.75, 3.05) is 39.6 Å². The number of nitrogens with zero attached hydrogens (tertiary/aromatic N) is 1. The van der Waals surface area contributed by atoms with Crippen molar-refractivity contribution in [3.8, 4) is 0 Å².